The minimum atomic E-state index is -3.63. The second-order valence-electron chi connectivity index (χ2n) is 2.65. The number of hydrogen-bond donors (Lipinski definition) is 1. The Morgan fingerprint density at radius 1 is 1.47 bits per heavy atom. The Hall–Kier alpha value is -1.58. The zero-order chi connectivity index (χ0) is 11.5. The molecule has 0 unspecified atom stereocenters. The molecule has 80 valence electrons. The molecule has 6 heteroatoms. The maximum absolute atomic E-state index is 11.5. The fourth-order valence-electron chi connectivity index (χ4n) is 1.13. The van der Waals surface area contributed by atoms with E-state index < -0.39 is 10.0 Å². The van der Waals surface area contributed by atoms with E-state index in [-0.39, 0.29) is 16.2 Å². The van der Waals surface area contributed by atoms with Crippen molar-refractivity contribution in [2.75, 3.05) is 14.2 Å². The van der Waals surface area contributed by atoms with Gasteiger partial charge in [-0.25, -0.2) is 13.1 Å². The van der Waals surface area contributed by atoms with Gasteiger partial charge in [0.05, 0.1) is 7.11 Å². The van der Waals surface area contributed by atoms with Crippen molar-refractivity contribution in [3.63, 3.8) is 0 Å². The molecular formula is C9H10N2O3S. The van der Waals surface area contributed by atoms with Crippen molar-refractivity contribution in [2.24, 2.45) is 0 Å². The minimum absolute atomic E-state index is 0.00866. The highest BCUT2D eigenvalue weighted by atomic mass is 32.2. The van der Waals surface area contributed by atoms with Crippen LogP contribution in [0.3, 0.4) is 0 Å². The van der Waals surface area contributed by atoms with E-state index in [1.807, 2.05) is 6.07 Å². The van der Waals surface area contributed by atoms with Crippen LogP contribution in [0.5, 0.6) is 5.75 Å². The van der Waals surface area contributed by atoms with Gasteiger partial charge in [-0.15, -0.1) is 0 Å². The molecule has 0 amide bonds. The molecule has 1 aromatic rings. The Labute approximate surface area is 88.3 Å². The Morgan fingerprint density at radius 2 is 2.13 bits per heavy atom. The van der Waals surface area contributed by atoms with E-state index in [1.54, 1.807) is 0 Å². The second-order valence-corrected chi connectivity index (χ2v) is 4.51. The summed E-state index contributed by atoms with van der Waals surface area (Å²) in [5.41, 5.74) is 0.00866. The van der Waals surface area contributed by atoms with Crippen molar-refractivity contribution < 1.29 is 13.2 Å². The molecule has 5 nitrogen and oxygen atoms in total. The number of nitriles is 1. The Bertz CT molecular complexity index is 503. The number of nitrogens with one attached hydrogen (secondary N) is 1. The van der Waals surface area contributed by atoms with Gasteiger partial charge in [0, 0.05) is 0 Å². The predicted octanol–water partition coefficient (Wildman–Crippen LogP) is 0.475. The SMILES string of the molecule is CNS(=O)(=O)c1cccc(OC)c1C#N. The first kappa shape index (κ1) is 11.5. The lowest BCUT2D eigenvalue weighted by molar-refractivity contribution is 0.412. The molecule has 0 fully saturated rings. The van der Waals surface area contributed by atoms with Gasteiger partial charge in [-0.05, 0) is 19.2 Å². The summed E-state index contributed by atoms with van der Waals surface area (Å²) in [6.45, 7) is 0. The maximum Gasteiger partial charge on any atom is 0.241 e. The van der Waals surface area contributed by atoms with E-state index >= 15 is 0 Å². The molecule has 0 aliphatic heterocycles. The van der Waals surface area contributed by atoms with Crippen molar-refractivity contribution in [3.8, 4) is 11.8 Å². The summed E-state index contributed by atoms with van der Waals surface area (Å²) in [5, 5.41) is 8.87. The van der Waals surface area contributed by atoms with E-state index in [0.717, 1.165) is 0 Å². The first-order valence-corrected chi connectivity index (χ1v) is 5.55. The smallest absolute Gasteiger partial charge is 0.241 e. The van der Waals surface area contributed by atoms with E-state index in [0.29, 0.717) is 0 Å². The lowest BCUT2D eigenvalue weighted by atomic mass is 10.2. The molecule has 1 aromatic carbocycles. The Balaban J connectivity index is 3.52. The van der Waals surface area contributed by atoms with Gasteiger partial charge in [0.15, 0.2) is 0 Å². The lowest BCUT2D eigenvalue weighted by Gasteiger charge is -2.07. The molecule has 0 saturated carbocycles. The van der Waals surface area contributed by atoms with Crippen LogP contribution < -0.4 is 9.46 Å². The van der Waals surface area contributed by atoms with Crippen LogP contribution in [0.1, 0.15) is 5.56 Å². The monoisotopic (exact) mass is 226 g/mol. The van der Waals surface area contributed by atoms with Crippen molar-refractivity contribution in [3.05, 3.63) is 23.8 Å². The molecule has 0 bridgehead atoms. The van der Waals surface area contributed by atoms with Crippen molar-refractivity contribution in [1.29, 1.82) is 5.26 Å². The maximum atomic E-state index is 11.5. The summed E-state index contributed by atoms with van der Waals surface area (Å²) in [5.74, 6) is 0.244. The number of methoxy groups -OCH3 is 1. The number of sulfonamides is 1. The summed E-state index contributed by atoms with van der Waals surface area (Å²) >= 11 is 0. The quantitative estimate of drug-likeness (QED) is 0.812. The summed E-state index contributed by atoms with van der Waals surface area (Å²) in [6, 6.07) is 6.22. The van der Waals surface area contributed by atoms with Gasteiger partial charge >= 0.3 is 0 Å². The number of benzene rings is 1. The lowest BCUT2D eigenvalue weighted by Crippen LogP contribution is -2.19. The van der Waals surface area contributed by atoms with Gasteiger partial charge in [-0.2, -0.15) is 5.26 Å². The standard InChI is InChI=1S/C9H10N2O3S/c1-11-15(12,13)9-5-3-4-8(14-2)7(9)6-10/h3-5,11H,1-2H3. The molecule has 1 rings (SSSR count). The van der Waals surface area contributed by atoms with Gasteiger partial charge in [-0.1, -0.05) is 6.07 Å². The molecular weight excluding hydrogens is 216 g/mol. The van der Waals surface area contributed by atoms with Crippen LogP contribution in [0.2, 0.25) is 0 Å². The van der Waals surface area contributed by atoms with Gasteiger partial charge in [0.2, 0.25) is 10.0 Å². The zero-order valence-electron chi connectivity index (χ0n) is 8.31. The second kappa shape index (κ2) is 4.29. The third kappa shape index (κ3) is 2.09. The fraction of sp³-hybridized carbons (Fsp3) is 0.222. The zero-order valence-corrected chi connectivity index (χ0v) is 9.13. The Morgan fingerprint density at radius 3 is 2.60 bits per heavy atom. The highest BCUT2D eigenvalue weighted by Crippen LogP contribution is 2.24. The molecule has 0 aliphatic rings. The van der Waals surface area contributed by atoms with E-state index in [9.17, 15) is 8.42 Å². The van der Waals surface area contributed by atoms with Crippen molar-refractivity contribution in [2.45, 2.75) is 4.90 Å². The number of hydrogen-bond acceptors (Lipinski definition) is 4. The molecule has 0 aromatic heterocycles. The van der Waals surface area contributed by atoms with E-state index in [2.05, 4.69) is 4.72 Å². The summed E-state index contributed by atoms with van der Waals surface area (Å²) in [6.07, 6.45) is 0. The first-order valence-electron chi connectivity index (χ1n) is 4.07. The molecule has 0 atom stereocenters. The largest absolute Gasteiger partial charge is 0.495 e. The van der Waals surface area contributed by atoms with Crippen LogP contribution in [-0.4, -0.2) is 22.6 Å². The normalized spacial score (nSPS) is 10.7. The van der Waals surface area contributed by atoms with Crippen LogP contribution in [0.25, 0.3) is 0 Å². The van der Waals surface area contributed by atoms with Gasteiger partial charge in [-0.3, -0.25) is 0 Å². The summed E-state index contributed by atoms with van der Waals surface area (Å²) in [7, 11) is -0.957. The van der Waals surface area contributed by atoms with Gasteiger partial charge in [0.25, 0.3) is 0 Å². The molecule has 0 saturated heterocycles. The van der Waals surface area contributed by atoms with Crippen LogP contribution in [0.4, 0.5) is 0 Å². The molecule has 15 heavy (non-hydrogen) atoms. The molecule has 0 radical (unpaired) electrons. The van der Waals surface area contributed by atoms with E-state index in [4.69, 9.17) is 10.00 Å². The van der Waals surface area contributed by atoms with Gasteiger partial charge in [0.1, 0.15) is 22.3 Å². The highest BCUT2D eigenvalue weighted by Gasteiger charge is 2.19. The minimum Gasteiger partial charge on any atom is -0.495 e. The third-order valence-electron chi connectivity index (χ3n) is 1.88. The third-order valence-corrected chi connectivity index (χ3v) is 3.33. The van der Waals surface area contributed by atoms with Crippen molar-refractivity contribution in [1.82, 2.24) is 4.72 Å². The number of nitrogens with zero attached hydrogens (tertiary/aromatic N) is 1. The fourth-order valence-corrected chi connectivity index (χ4v) is 2.02. The van der Waals surface area contributed by atoms with Crippen LogP contribution in [-0.2, 0) is 10.0 Å². The number of ether oxygens (including phenoxy) is 1. The van der Waals surface area contributed by atoms with Crippen LogP contribution in [0, 0.1) is 11.3 Å². The van der Waals surface area contributed by atoms with Gasteiger partial charge < -0.3 is 4.74 Å². The molecule has 0 heterocycles. The highest BCUT2D eigenvalue weighted by molar-refractivity contribution is 7.89. The van der Waals surface area contributed by atoms with Crippen LogP contribution >= 0.6 is 0 Å². The van der Waals surface area contributed by atoms with Crippen LogP contribution in [0.15, 0.2) is 23.1 Å². The topological polar surface area (TPSA) is 79.2 Å². The number of rotatable bonds is 3. The Kier molecular flexibility index (Phi) is 3.29. The average Bonchev–Trinajstić information content (AvgIpc) is 2.27. The first-order chi connectivity index (χ1) is 7.06. The summed E-state index contributed by atoms with van der Waals surface area (Å²) < 4.78 is 30.1. The molecule has 1 N–H and O–H groups in total. The average molecular weight is 226 g/mol. The summed E-state index contributed by atoms with van der Waals surface area (Å²) in [4.78, 5) is -0.0770. The molecule has 0 aliphatic carbocycles. The van der Waals surface area contributed by atoms with E-state index in [1.165, 1.54) is 32.4 Å². The van der Waals surface area contributed by atoms with Crippen molar-refractivity contribution >= 4 is 10.0 Å². The molecule has 0 spiro atoms. The predicted molar refractivity (Wildman–Crippen MR) is 54.0 cm³/mol.